The van der Waals surface area contributed by atoms with Crippen LogP contribution in [0.1, 0.15) is 5.56 Å². The van der Waals surface area contributed by atoms with E-state index in [1.165, 1.54) is 5.56 Å². The first-order valence-corrected chi connectivity index (χ1v) is 4.53. The monoisotopic (exact) mass is 187 g/mol. The number of rotatable bonds is 1. The molecule has 0 bridgehead atoms. The molecule has 0 aliphatic heterocycles. The second kappa shape index (κ2) is 3.18. The van der Waals surface area contributed by atoms with Crippen LogP contribution in [0.25, 0.3) is 11.3 Å². The van der Waals surface area contributed by atoms with Crippen molar-refractivity contribution in [3.8, 4) is 11.3 Å². The fraction of sp³-hybridized carbons (Fsp3) is 0.182. The molecule has 72 valence electrons. The molecule has 0 aliphatic rings. The molecule has 2 rings (SSSR count). The van der Waals surface area contributed by atoms with E-state index < -0.39 is 0 Å². The summed E-state index contributed by atoms with van der Waals surface area (Å²) in [4.78, 5) is 0. The van der Waals surface area contributed by atoms with Crippen molar-refractivity contribution in [2.75, 3.05) is 5.73 Å². The molecule has 0 amide bonds. The fourth-order valence-electron chi connectivity index (χ4n) is 1.62. The number of nitrogen functional groups attached to an aromatic ring is 1. The fourth-order valence-corrected chi connectivity index (χ4v) is 1.62. The summed E-state index contributed by atoms with van der Waals surface area (Å²) in [7, 11) is 1.90. The third-order valence-corrected chi connectivity index (χ3v) is 2.37. The molecule has 0 saturated carbocycles. The van der Waals surface area contributed by atoms with Crippen molar-refractivity contribution in [1.29, 1.82) is 0 Å². The van der Waals surface area contributed by atoms with Gasteiger partial charge in [-0.1, -0.05) is 24.3 Å². The van der Waals surface area contributed by atoms with Gasteiger partial charge in [0, 0.05) is 12.6 Å². The highest BCUT2D eigenvalue weighted by atomic mass is 15.3. The summed E-state index contributed by atoms with van der Waals surface area (Å²) in [6.45, 7) is 2.07. The van der Waals surface area contributed by atoms with Gasteiger partial charge in [-0.2, -0.15) is 5.10 Å². The number of anilines is 1. The van der Waals surface area contributed by atoms with Crippen LogP contribution >= 0.6 is 0 Å². The van der Waals surface area contributed by atoms with Gasteiger partial charge in [0.25, 0.3) is 0 Å². The van der Waals surface area contributed by atoms with E-state index in [4.69, 9.17) is 5.73 Å². The molecule has 2 aromatic rings. The van der Waals surface area contributed by atoms with E-state index in [2.05, 4.69) is 24.2 Å². The maximum Gasteiger partial charge on any atom is 0.0911 e. The Hall–Kier alpha value is -1.77. The molecule has 0 saturated heterocycles. The van der Waals surface area contributed by atoms with Crippen LogP contribution < -0.4 is 5.73 Å². The van der Waals surface area contributed by atoms with Gasteiger partial charge in [-0.25, -0.2) is 0 Å². The number of hydrogen-bond donors (Lipinski definition) is 1. The molecule has 0 unspecified atom stereocenters. The van der Waals surface area contributed by atoms with E-state index in [1.807, 2.05) is 19.2 Å². The molecule has 0 fully saturated rings. The first-order chi connectivity index (χ1) is 6.70. The van der Waals surface area contributed by atoms with Crippen LogP contribution in [0.4, 0.5) is 5.69 Å². The smallest absolute Gasteiger partial charge is 0.0911 e. The maximum absolute atomic E-state index is 5.86. The van der Waals surface area contributed by atoms with Crippen LogP contribution in [-0.4, -0.2) is 9.78 Å². The lowest BCUT2D eigenvalue weighted by Crippen LogP contribution is -1.97. The van der Waals surface area contributed by atoms with Crippen LogP contribution in [0.2, 0.25) is 0 Å². The topological polar surface area (TPSA) is 43.8 Å². The summed E-state index contributed by atoms with van der Waals surface area (Å²) >= 11 is 0. The SMILES string of the molecule is Cc1ccccc1-c1c(N)cnn1C. The third-order valence-electron chi connectivity index (χ3n) is 2.37. The molecule has 2 N–H and O–H groups in total. The van der Waals surface area contributed by atoms with E-state index in [-0.39, 0.29) is 0 Å². The average molecular weight is 187 g/mol. The summed E-state index contributed by atoms with van der Waals surface area (Å²) in [5, 5.41) is 4.13. The standard InChI is InChI=1S/C11H13N3/c1-8-5-3-4-6-9(8)11-10(12)7-13-14(11)2/h3-7H,12H2,1-2H3. The maximum atomic E-state index is 5.86. The van der Waals surface area contributed by atoms with Crippen LogP contribution in [-0.2, 0) is 7.05 Å². The molecule has 14 heavy (non-hydrogen) atoms. The number of nitrogens with two attached hydrogens (primary N) is 1. The molecule has 1 aromatic heterocycles. The average Bonchev–Trinajstić information content (AvgIpc) is 2.48. The highest BCUT2D eigenvalue weighted by Crippen LogP contribution is 2.27. The zero-order valence-electron chi connectivity index (χ0n) is 8.36. The van der Waals surface area contributed by atoms with Crippen molar-refractivity contribution in [3.05, 3.63) is 36.0 Å². The van der Waals surface area contributed by atoms with Crippen molar-refractivity contribution < 1.29 is 0 Å². The third kappa shape index (κ3) is 1.27. The Morgan fingerprint density at radius 1 is 1.29 bits per heavy atom. The summed E-state index contributed by atoms with van der Waals surface area (Å²) < 4.78 is 1.80. The Balaban J connectivity index is 2.66. The second-order valence-electron chi connectivity index (χ2n) is 3.39. The summed E-state index contributed by atoms with van der Waals surface area (Å²) in [6.07, 6.45) is 1.68. The van der Waals surface area contributed by atoms with Crippen LogP contribution in [0.3, 0.4) is 0 Å². The number of benzene rings is 1. The molecule has 3 nitrogen and oxygen atoms in total. The normalized spacial score (nSPS) is 10.4. The highest BCUT2D eigenvalue weighted by molar-refractivity contribution is 5.74. The number of aryl methyl sites for hydroxylation is 2. The minimum atomic E-state index is 0.724. The van der Waals surface area contributed by atoms with E-state index in [1.54, 1.807) is 10.9 Å². The van der Waals surface area contributed by atoms with E-state index >= 15 is 0 Å². The molecule has 0 aliphatic carbocycles. The van der Waals surface area contributed by atoms with E-state index in [0.29, 0.717) is 0 Å². The highest BCUT2D eigenvalue weighted by Gasteiger charge is 2.09. The zero-order valence-corrected chi connectivity index (χ0v) is 8.36. The molecule has 0 radical (unpaired) electrons. The summed E-state index contributed by atoms with van der Waals surface area (Å²) in [5.41, 5.74) is 9.93. The van der Waals surface area contributed by atoms with Crippen molar-refractivity contribution in [2.45, 2.75) is 6.92 Å². The van der Waals surface area contributed by atoms with Gasteiger partial charge in [-0.3, -0.25) is 4.68 Å². The van der Waals surface area contributed by atoms with Crippen molar-refractivity contribution in [1.82, 2.24) is 9.78 Å². The lowest BCUT2D eigenvalue weighted by atomic mass is 10.1. The zero-order chi connectivity index (χ0) is 10.1. The van der Waals surface area contributed by atoms with Crippen molar-refractivity contribution in [2.24, 2.45) is 7.05 Å². The van der Waals surface area contributed by atoms with Crippen molar-refractivity contribution in [3.63, 3.8) is 0 Å². The first-order valence-electron chi connectivity index (χ1n) is 4.53. The van der Waals surface area contributed by atoms with E-state index in [0.717, 1.165) is 16.9 Å². The first kappa shape index (κ1) is 8.81. The molecular formula is C11H13N3. The van der Waals surface area contributed by atoms with Gasteiger partial charge in [-0.05, 0) is 12.5 Å². The second-order valence-corrected chi connectivity index (χ2v) is 3.39. The Morgan fingerprint density at radius 2 is 2.00 bits per heavy atom. The van der Waals surface area contributed by atoms with Crippen LogP contribution in [0.15, 0.2) is 30.5 Å². The van der Waals surface area contributed by atoms with Crippen LogP contribution in [0, 0.1) is 6.92 Å². The molecule has 0 spiro atoms. The van der Waals surface area contributed by atoms with Gasteiger partial charge >= 0.3 is 0 Å². The van der Waals surface area contributed by atoms with Gasteiger partial charge in [0.05, 0.1) is 17.6 Å². The summed E-state index contributed by atoms with van der Waals surface area (Å²) in [5.74, 6) is 0. The number of nitrogens with zero attached hydrogens (tertiary/aromatic N) is 2. The largest absolute Gasteiger partial charge is 0.396 e. The van der Waals surface area contributed by atoms with Gasteiger partial charge in [-0.15, -0.1) is 0 Å². The lowest BCUT2D eigenvalue weighted by Gasteiger charge is -2.06. The molecule has 3 heteroatoms. The van der Waals surface area contributed by atoms with Crippen molar-refractivity contribution >= 4 is 5.69 Å². The Bertz CT molecular complexity index is 438. The van der Waals surface area contributed by atoms with Gasteiger partial charge < -0.3 is 5.73 Å². The minimum absolute atomic E-state index is 0.724. The molecule has 1 heterocycles. The predicted octanol–water partition coefficient (Wildman–Crippen LogP) is 1.98. The van der Waals surface area contributed by atoms with Gasteiger partial charge in [0.2, 0.25) is 0 Å². The predicted molar refractivity (Wildman–Crippen MR) is 57.8 cm³/mol. The minimum Gasteiger partial charge on any atom is -0.396 e. The lowest BCUT2D eigenvalue weighted by molar-refractivity contribution is 0.775. The molecular weight excluding hydrogens is 174 g/mol. The van der Waals surface area contributed by atoms with E-state index in [9.17, 15) is 0 Å². The van der Waals surface area contributed by atoms with Crippen LogP contribution in [0.5, 0.6) is 0 Å². The van der Waals surface area contributed by atoms with Gasteiger partial charge in [0.1, 0.15) is 0 Å². The number of aromatic nitrogens is 2. The summed E-state index contributed by atoms with van der Waals surface area (Å²) in [6, 6.07) is 8.16. The Morgan fingerprint density at radius 3 is 2.57 bits per heavy atom. The molecule has 0 atom stereocenters. The quantitative estimate of drug-likeness (QED) is 0.741. The molecule has 1 aromatic carbocycles. The van der Waals surface area contributed by atoms with Gasteiger partial charge in [0.15, 0.2) is 0 Å². The number of hydrogen-bond acceptors (Lipinski definition) is 2. The Kier molecular flexibility index (Phi) is 2.00. The Labute approximate surface area is 83.2 Å².